The third kappa shape index (κ3) is 1.94. The number of rotatable bonds is 2. The normalized spacial score (nSPS) is 30.0. The van der Waals surface area contributed by atoms with Crippen LogP contribution in [0.15, 0.2) is 0 Å². The molecule has 1 fully saturated rings. The minimum atomic E-state index is -0.569. The van der Waals surface area contributed by atoms with Crippen LogP contribution >= 0.6 is 0 Å². The van der Waals surface area contributed by atoms with Crippen molar-refractivity contribution in [2.45, 2.75) is 31.4 Å². The van der Waals surface area contributed by atoms with Gasteiger partial charge in [-0.15, -0.1) is 0 Å². The van der Waals surface area contributed by atoms with E-state index in [-0.39, 0.29) is 12.6 Å². The number of aliphatic hydroxyl groups excluding tert-OH is 2. The quantitative estimate of drug-likeness (QED) is 0.490. The second-order valence-corrected chi connectivity index (χ2v) is 2.81. The van der Waals surface area contributed by atoms with Crippen LogP contribution < -0.4 is 5.32 Å². The monoisotopic (exact) mass is 145 g/mol. The van der Waals surface area contributed by atoms with Gasteiger partial charge in [-0.05, 0) is 19.4 Å². The smallest absolute Gasteiger partial charge is 0.0923 e. The lowest BCUT2D eigenvalue weighted by Gasteiger charge is -2.26. The standard InChI is InChI=1S/C7H15NO2/c9-5-7(10)6-3-1-2-4-8-6/h6-10H,1-5H2/t6-,7+/m0/s1. The molecule has 0 bridgehead atoms. The molecule has 0 aliphatic carbocycles. The number of nitrogens with one attached hydrogen (secondary N) is 1. The van der Waals surface area contributed by atoms with Crippen LogP contribution in [0.4, 0.5) is 0 Å². The van der Waals surface area contributed by atoms with Crippen LogP contribution in [0.1, 0.15) is 19.3 Å². The Hall–Kier alpha value is -0.120. The van der Waals surface area contributed by atoms with Gasteiger partial charge in [-0.1, -0.05) is 6.42 Å². The zero-order valence-corrected chi connectivity index (χ0v) is 6.08. The summed E-state index contributed by atoms with van der Waals surface area (Å²) in [5, 5.41) is 20.9. The first-order chi connectivity index (χ1) is 4.84. The third-order valence-electron chi connectivity index (χ3n) is 2.00. The molecule has 1 heterocycles. The van der Waals surface area contributed by atoms with Gasteiger partial charge in [0.1, 0.15) is 0 Å². The van der Waals surface area contributed by atoms with E-state index >= 15 is 0 Å². The Morgan fingerprint density at radius 3 is 2.80 bits per heavy atom. The molecule has 1 aliphatic heterocycles. The molecule has 3 N–H and O–H groups in total. The van der Waals surface area contributed by atoms with Crippen LogP contribution in [0.2, 0.25) is 0 Å². The predicted octanol–water partition coefficient (Wildman–Crippen LogP) is -0.518. The Labute approximate surface area is 61.1 Å². The largest absolute Gasteiger partial charge is 0.394 e. The summed E-state index contributed by atoms with van der Waals surface area (Å²) in [6, 6.07) is 0.124. The average Bonchev–Trinajstić information content (AvgIpc) is 2.05. The van der Waals surface area contributed by atoms with Gasteiger partial charge in [0.2, 0.25) is 0 Å². The van der Waals surface area contributed by atoms with Crippen LogP contribution in [-0.4, -0.2) is 35.5 Å². The van der Waals surface area contributed by atoms with Gasteiger partial charge in [0, 0.05) is 6.04 Å². The molecular formula is C7H15NO2. The summed E-state index contributed by atoms with van der Waals surface area (Å²) in [7, 11) is 0. The van der Waals surface area contributed by atoms with Crippen molar-refractivity contribution in [2.75, 3.05) is 13.2 Å². The van der Waals surface area contributed by atoms with E-state index in [1.165, 1.54) is 6.42 Å². The molecular weight excluding hydrogens is 130 g/mol. The van der Waals surface area contributed by atoms with E-state index in [9.17, 15) is 5.11 Å². The summed E-state index contributed by atoms with van der Waals surface area (Å²) in [6.45, 7) is 0.847. The van der Waals surface area contributed by atoms with Crippen LogP contribution in [-0.2, 0) is 0 Å². The van der Waals surface area contributed by atoms with Gasteiger partial charge in [0.05, 0.1) is 12.7 Å². The van der Waals surface area contributed by atoms with Crippen molar-refractivity contribution in [2.24, 2.45) is 0 Å². The lowest BCUT2D eigenvalue weighted by Crippen LogP contribution is -2.44. The number of piperidine rings is 1. The fourth-order valence-electron chi connectivity index (χ4n) is 1.33. The zero-order chi connectivity index (χ0) is 7.40. The van der Waals surface area contributed by atoms with E-state index < -0.39 is 6.10 Å². The van der Waals surface area contributed by atoms with Crippen molar-refractivity contribution in [3.8, 4) is 0 Å². The van der Waals surface area contributed by atoms with E-state index in [0.717, 1.165) is 19.4 Å². The van der Waals surface area contributed by atoms with Gasteiger partial charge in [-0.25, -0.2) is 0 Å². The van der Waals surface area contributed by atoms with Crippen molar-refractivity contribution >= 4 is 0 Å². The summed E-state index contributed by atoms with van der Waals surface area (Å²) in [4.78, 5) is 0. The van der Waals surface area contributed by atoms with Crippen molar-refractivity contribution < 1.29 is 10.2 Å². The fraction of sp³-hybridized carbons (Fsp3) is 1.00. The first-order valence-electron chi connectivity index (χ1n) is 3.87. The van der Waals surface area contributed by atoms with Gasteiger partial charge < -0.3 is 15.5 Å². The van der Waals surface area contributed by atoms with Gasteiger partial charge in [-0.2, -0.15) is 0 Å². The molecule has 0 saturated carbocycles. The highest BCUT2D eigenvalue weighted by atomic mass is 16.3. The first-order valence-corrected chi connectivity index (χ1v) is 3.87. The lowest BCUT2D eigenvalue weighted by molar-refractivity contribution is 0.0543. The Morgan fingerprint density at radius 2 is 2.30 bits per heavy atom. The number of aliphatic hydroxyl groups is 2. The van der Waals surface area contributed by atoms with Crippen molar-refractivity contribution in [3.05, 3.63) is 0 Å². The molecule has 1 aliphatic rings. The van der Waals surface area contributed by atoms with Crippen LogP contribution in [0.25, 0.3) is 0 Å². The zero-order valence-electron chi connectivity index (χ0n) is 6.08. The maximum absolute atomic E-state index is 9.17. The lowest BCUT2D eigenvalue weighted by atomic mass is 10.0. The van der Waals surface area contributed by atoms with E-state index in [2.05, 4.69) is 5.32 Å². The Balaban J connectivity index is 2.24. The molecule has 0 amide bonds. The SMILES string of the molecule is OC[C@@H](O)[C@@H]1CCCCN1. The molecule has 3 heteroatoms. The minimum absolute atomic E-state index is 0.124. The van der Waals surface area contributed by atoms with Crippen LogP contribution in [0, 0.1) is 0 Å². The van der Waals surface area contributed by atoms with E-state index in [0.29, 0.717) is 0 Å². The molecule has 0 unspecified atom stereocenters. The van der Waals surface area contributed by atoms with Crippen molar-refractivity contribution in [1.29, 1.82) is 0 Å². The topological polar surface area (TPSA) is 52.5 Å². The maximum atomic E-state index is 9.17. The Bertz CT molecular complexity index is 91.6. The van der Waals surface area contributed by atoms with Crippen LogP contribution in [0.3, 0.4) is 0 Å². The van der Waals surface area contributed by atoms with Crippen molar-refractivity contribution in [3.63, 3.8) is 0 Å². The van der Waals surface area contributed by atoms with Gasteiger partial charge in [0.25, 0.3) is 0 Å². The molecule has 1 rings (SSSR count). The third-order valence-corrected chi connectivity index (χ3v) is 2.00. The van der Waals surface area contributed by atoms with E-state index in [1.807, 2.05) is 0 Å². The average molecular weight is 145 g/mol. The van der Waals surface area contributed by atoms with Crippen molar-refractivity contribution in [1.82, 2.24) is 5.32 Å². The molecule has 2 atom stereocenters. The predicted molar refractivity (Wildman–Crippen MR) is 38.7 cm³/mol. The van der Waals surface area contributed by atoms with Gasteiger partial charge in [0.15, 0.2) is 0 Å². The minimum Gasteiger partial charge on any atom is -0.394 e. The highest BCUT2D eigenvalue weighted by molar-refractivity contribution is 4.78. The molecule has 0 radical (unpaired) electrons. The first kappa shape index (κ1) is 7.98. The Morgan fingerprint density at radius 1 is 1.50 bits per heavy atom. The molecule has 0 spiro atoms. The number of hydrogen-bond acceptors (Lipinski definition) is 3. The maximum Gasteiger partial charge on any atom is 0.0923 e. The summed E-state index contributed by atoms with van der Waals surface area (Å²) in [5.41, 5.74) is 0. The summed E-state index contributed by atoms with van der Waals surface area (Å²) in [5.74, 6) is 0. The highest BCUT2D eigenvalue weighted by Crippen LogP contribution is 2.09. The summed E-state index contributed by atoms with van der Waals surface area (Å²) < 4.78 is 0. The van der Waals surface area contributed by atoms with E-state index in [4.69, 9.17) is 5.11 Å². The Kier molecular flexibility index (Phi) is 3.12. The molecule has 1 saturated heterocycles. The molecule has 60 valence electrons. The van der Waals surface area contributed by atoms with E-state index in [1.54, 1.807) is 0 Å². The fourth-order valence-corrected chi connectivity index (χ4v) is 1.33. The molecule has 0 aromatic heterocycles. The number of hydrogen-bond donors (Lipinski definition) is 3. The summed E-state index contributed by atoms with van der Waals surface area (Å²) >= 11 is 0. The summed E-state index contributed by atoms with van der Waals surface area (Å²) in [6.07, 6.45) is 2.77. The molecule has 10 heavy (non-hydrogen) atoms. The van der Waals surface area contributed by atoms with Gasteiger partial charge >= 0.3 is 0 Å². The van der Waals surface area contributed by atoms with Gasteiger partial charge in [-0.3, -0.25) is 0 Å². The highest BCUT2D eigenvalue weighted by Gasteiger charge is 2.19. The second-order valence-electron chi connectivity index (χ2n) is 2.81. The second kappa shape index (κ2) is 3.91. The molecule has 0 aromatic carbocycles. The molecule has 0 aromatic rings. The van der Waals surface area contributed by atoms with Crippen LogP contribution in [0.5, 0.6) is 0 Å². The molecule has 3 nitrogen and oxygen atoms in total.